The Kier molecular flexibility index (Phi) is 8.52. The van der Waals surface area contributed by atoms with Gasteiger partial charge in [0, 0.05) is 64.8 Å². The summed E-state index contributed by atoms with van der Waals surface area (Å²) < 4.78 is 5.07. The Hall–Kier alpha value is -8.06. The van der Waals surface area contributed by atoms with Gasteiger partial charge in [0.05, 0.1) is 22.7 Å². The van der Waals surface area contributed by atoms with E-state index in [1.165, 1.54) is 53.5 Å². The molecule has 0 bridgehead atoms. The summed E-state index contributed by atoms with van der Waals surface area (Å²) in [5.41, 5.74) is 14.0. The summed E-state index contributed by atoms with van der Waals surface area (Å²) in [7, 11) is 0. The number of hydrogen-bond donors (Lipinski definition) is 0. The van der Waals surface area contributed by atoms with Gasteiger partial charge < -0.3 is 4.57 Å². The molecule has 1 aliphatic heterocycles. The number of aliphatic imine (C=N–C) groups is 1. The lowest BCUT2D eigenvalue weighted by Gasteiger charge is -2.41. The van der Waals surface area contributed by atoms with Crippen molar-refractivity contribution in [3.8, 4) is 51.0 Å². The van der Waals surface area contributed by atoms with Gasteiger partial charge in [-0.2, -0.15) is 0 Å². The Morgan fingerprint density at radius 3 is 1.80 bits per heavy atom. The van der Waals surface area contributed by atoms with Gasteiger partial charge in [-0.3, -0.25) is 4.99 Å². The third kappa shape index (κ3) is 6.06. The molecule has 2 atom stereocenters. The van der Waals surface area contributed by atoms with Crippen LogP contribution in [0.4, 0.5) is 0 Å². The Bertz CT molecular complexity index is 3720. The van der Waals surface area contributed by atoms with Gasteiger partial charge in [0.25, 0.3) is 0 Å². The van der Waals surface area contributed by atoms with Gasteiger partial charge in [-0.05, 0) is 65.6 Å². The zero-order valence-corrected chi connectivity index (χ0v) is 36.2. The number of aromatic nitrogens is 4. The molecular weight excluding hydrogens is 811 g/mol. The van der Waals surface area contributed by atoms with Crippen LogP contribution in [0.15, 0.2) is 211 Å². The Balaban J connectivity index is 0.938. The van der Waals surface area contributed by atoms with E-state index in [0.29, 0.717) is 17.5 Å². The molecule has 0 saturated heterocycles. The summed E-state index contributed by atoms with van der Waals surface area (Å²) in [4.78, 5) is 21.0. The number of nitrogens with zero attached hydrogens (tertiary/aromatic N) is 5. The molecule has 5 nitrogen and oxygen atoms in total. The van der Waals surface area contributed by atoms with Gasteiger partial charge in [-0.25, -0.2) is 15.0 Å². The fourth-order valence-corrected chi connectivity index (χ4v) is 11.4. The largest absolute Gasteiger partial charge is 0.312 e. The number of fused-ring (bicyclic) bond motifs is 10. The summed E-state index contributed by atoms with van der Waals surface area (Å²) in [6.07, 6.45) is 4.55. The zero-order valence-electron chi connectivity index (χ0n) is 35.4. The lowest BCUT2D eigenvalue weighted by Crippen LogP contribution is -2.39. The van der Waals surface area contributed by atoms with Crippen LogP contribution in [0.1, 0.15) is 40.8 Å². The number of thiophene rings is 1. The van der Waals surface area contributed by atoms with Crippen molar-refractivity contribution in [2.24, 2.45) is 4.99 Å². The molecule has 3 aromatic heterocycles. The maximum Gasteiger partial charge on any atom is 0.164 e. The van der Waals surface area contributed by atoms with E-state index in [9.17, 15) is 0 Å². The lowest BCUT2D eigenvalue weighted by atomic mass is 9.69. The van der Waals surface area contributed by atoms with Crippen LogP contribution in [-0.4, -0.2) is 30.8 Å². The van der Waals surface area contributed by atoms with Crippen molar-refractivity contribution in [2.75, 3.05) is 0 Å². The van der Waals surface area contributed by atoms with Crippen LogP contribution in [0.2, 0.25) is 0 Å². The molecule has 0 N–H and O–H groups in total. The molecule has 0 saturated carbocycles. The van der Waals surface area contributed by atoms with Gasteiger partial charge in [0.15, 0.2) is 17.5 Å². The molecule has 11 aromatic rings. The molecule has 0 amide bonds. The summed E-state index contributed by atoms with van der Waals surface area (Å²) in [6.45, 7) is 2.28. The van der Waals surface area contributed by atoms with Crippen LogP contribution in [0.3, 0.4) is 0 Å². The van der Waals surface area contributed by atoms with E-state index in [4.69, 9.17) is 19.9 Å². The maximum absolute atomic E-state index is 5.66. The van der Waals surface area contributed by atoms with Crippen LogP contribution in [0.5, 0.6) is 0 Å². The highest BCUT2D eigenvalue weighted by Crippen LogP contribution is 2.51. The number of para-hydroxylation sites is 1. The van der Waals surface area contributed by atoms with Gasteiger partial charge >= 0.3 is 0 Å². The molecule has 1 aliphatic carbocycles. The standard InChI is InChI=1S/C59H39N5S/c1-59-36-35-37-15-8-9-20-44(37)52(59)54-51(53(63-59)39-16-4-2-5-17-39)48-22-10-12-25-49(48)64(54)43-33-31-42(32-34-43)58-61-56(40-18-6-3-7-19-40)60-57(62-58)41-29-27-38(28-30-41)45-23-14-24-47-46-21-11-13-26-50(46)65-55(45)47/h2-36,52H,1H3. The minimum absolute atomic E-state index is 0.0120. The van der Waals surface area contributed by atoms with Crippen molar-refractivity contribution in [3.63, 3.8) is 0 Å². The van der Waals surface area contributed by atoms with Gasteiger partial charge in [0.2, 0.25) is 0 Å². The molecule has 13 rings (SSSR count). The molecular formula is C59H39N5S. The topological polar surface area (TPSA) is 56.0 Å². The molecule has 2 aliphatic rings. The Labute approximate surface area is 380 Å². The van der Waals surface area contributed by atoms with E-state index in [1.807, 2.05) is 29.5 Å². The summed E-state index contributed by atoms with van der Waals surface area (Å²) in [6, 6.07) is 71.0. The Morgan fingerprint density at radius 2 is 1.06 bits per heavy atom. The normalized spacial score (nSPS) is 16.3. The van der Waals surface area contributed by atoms with E-state index in [1.54, 1.807) is 0 Å². The molecule has 4 heterocycles. The zero-order chi connectivity index (χ0) is 43.1. The van der Waals surface area contributed by atoms with Gasteiger partial charge in [0.1, 0.15) is 0 Å². The minimum atomic E-state index is -0.502. The predicted octanol–water partition coefficient (Wildman–Crippen LogP) is 14.6. The molecule has 306 valence electrons. The van der Waals surface area contributed by atoms with Crippen LogP contribution < -0.4 is 0 Å². The molecule has 0 radical (unpaired) electrons. The van der Waals surface area contributed by atoms with E-state index in [2.05, 4.69) is 206 Å². The summed E-state index contributed by atoms with van der Waals surface area (Å²) >= 11 is 1.85. The quantitative estimate of drug-likeness (QED) is 0.167. The molecule has 8 aromatic carbocycles. The average molecular weight is 850 g/mol. The SMILES string of the molecule is CC12C=Cc3ccccc3C1c1c(c3ccccc3n1-c1ccc(-c3nc(-c4ccccc4)nc(-c4ccc(-c5cccc6c5sc5ccccc56)cc4)n3)cc1)C(c1ccccc1)=N2. The smallest absolute Gasteiger partial charge is 0.164 e. The highest BCUT2D eigenvalue weighted by Gasteiger charge is 2.46. The van der Waals surface area contributed by atoms with Crippen molar-refractivity contribution in [2.45, 2.75) is 18.4 Å². The van der Waals surface area contributed by atoms with Crippen molar-refractivity contribution >= 4 is 54.2 Å². The van der Waals surface area contributed by atoms with Crippen LogP contribution in [-0.2, 0) is 0 Å². The van der Waals surface area contributed by atoms with Crippen molar-refractivity contribution in [1.82, 2.24) is 19.5 Å². The molecule has 6 heteroatoms. The summed E-state index contributed by atoms with van der Waals surface area (Å²) in [5.74, 6) is 1.87. The third-order valence-electron chi connectivity index (χ3n) is 13.2. The number of benzene rings is 8. The van der Waals surface area contributed by atoms with Gasteiger partial charge in [-0.1, -0.05) is 176 Å². The van der Waals surface area contributed by atoms with Crippen molar-refractivity contribution in [3.05, 3.63) is 234 Å². The highest BCUT2D eigenvalue weighted by atomic mass is 32.1. The van der Waals surface area contributed by atoms with Crippen LogP contribution in [0, 0.1) is 0 Å². The van der Waals surface area contributed by atoms with Crippen molar-refractivity contribution < 1.29 is 0 Å². The maximum atomic E-state index is 5.66. The second-order valence-electron chi connectivity index (χ2n) is 17.1. The lowest BCUT2D eigenvalue weighted by molar-refractivity contribution is 0.491. The second kappa shape index (κ2) is 14.8. The van der Waals surface area contributed by atoms with Crippen molar-refractivity contribution in [1.29, 1.82) is 0 Å². The number of hydrogen-bond acceptors (Lipinski definition) is 5. The first-order chi connectivity index (χ1) is 32.1. The molecule has 65 heavy (non-hydrogen) atoms. The first-order valence-electron chi connectivity index (χ1n) is 22.1. The molecule has 2 unspecified atom stereocenters. The monoisotopic (exact) mass is 849 g/mol. The van der Waals surface area contributed by atoms with Crippen LogP contribution in [0.25, 0.3) is 88.1 Å². The van der Waals surface area contributed by atoms with E-state index in [-0.39, 0.29) is 5.92 Å². The Morgan fingerprint density at radius 1 is 0.492 bits per heavy atom. The van der Waals surface area contributed by atoms with E-state index < -0.39 is 5.54 Å². The van der Waals surface area contributed by atoms with Crippen LogP contribution >= 0.6 is 11.3 Å². The minimum Gasteiger partial charge on any atom is -0.312 e. The number of rotatable bonds is 6. The first kappa shape index (κ1) is 37.5. The molecule has 0 fully saturated rings. The fourth-order valence-electron chi connectivity index (χ4n) is 10.2. The predicted molar refractivity (Wildman–Crippen MR) is 269 cm³/mol. The average Bonchev–Trinajstić information content (AvgIpc) is 3.93. The fraction of sp³-hybridized carbons (Fsp3) is 0.0508. The first-order valence-corrected chi connectivity index (χ1v) is 22.9. The van der Waals surface area contributed by atoms with E-state index in [0.717, 1.165) is 44.7 Å². The van der Waals surface area contributed by atoms with Gasteiger partial charge in [-0.15, -0.1) is 11.3 Å². The molecule has 0 spiro atoms. The third-order valence-corrected chi connectivity index (χ3v) is 14.4. The second-order valence-corrected chi connectivity index (χ2v) is 18.2. The van der Waals surface area contributed by atoms with E-state index >= 15 is 0 Å². The summed E-state index contributed by atoms with van der Waals surface area (Å²) in [5, 5.41) is 3.77. The highest BCUT2D eigenvalue weighted by molar-refractivity contribution is 7.26.